The van der Waals surface area contributed by atoms with E-state index in [4.69, 9.17) is 15.6 Å². The Balaban J connectivity index is 2.73. The molecule has 0 saturated heterocycles. The van der Waals surface area contributed by atoms with Crippen molar-refractivity contribution in [2.45, 2.75) is 31.0 Å². The molecule has 1 heterocycles. The Bertz CT molecular complexity index is 620. The van der Waals surface area contributed by atoms with E-state index < -0.39 is 46.0 Å². The smallest absolute Gasteiger partial charge is 0.397 e. The number of carboxylic acids is 1. The van der Waals surface area contributed by atoms with Crippen molar-refractivity contribution >= 4 is 15.7 Å². The Morgan fingerprint density at radius 3 is 2.43 bits per heavy atom. The minimum atomic E-state index is -4.57. The number of aliphatic carboxylic acids is 1. The summed E-state index contributed by atoms with van der Waals surface area (Å²) < 4.78 is 58.9. The van der Waals surface area contributed by atoms with Gasteiger partial charge in [-0.2, -0.15) is 13.2 Å². The van der Waals surface area contributed by atoms with Gasteiger partial charge < -0.3 is 10.8 Å². The van der Waals surface area contributed by atoms with Crippen LogP contribution < -0.4 is 5.73 Å². The number of carboxylic acid groups (broad SMARTS) is 1. The van der Waals surface area contributed by atoms with Gasteiger partial charge in [-0.3, -0.25) is 14.6 Å². The molecule has 1 rings (SSSR count). The summed E-state index contributed by atoms with van der Waals surface area (Å²) in [5, 5.41) is 8.62. The van der Waals surface area contributed by atoms with Crippen molar-refractivity contribution in [1.29, 1.82) is 4.78 Å². The van der Waals surface area contributed by atoms with Crippen molar-refractivity contribution in [1.82, 2.24) is 4.98 Å². The molecule has 0 radical (unpaired) electrons. The van der Waals surface area contributed by atoms with Gasteiger partial charge in [0.1, 0.15) is 6.04 Å². The fourth-order valence-corrected chi connectivity index (χ4v) is 3.37. The Hall–Kier alpha value is -1.68. The summed E-state index contributed by atoms with van der Waals surface area (Å²) in [5.74, 6) is -4.07. The molecule has 130 valence electrons. The van der Waals surface area contributed by atoms with E-state index in [-0.39, 0.29) is 17.9 Å². The summed E-state index contributed by atoms with van der Waals surface area (Å²) in [7, 11) is -3.34. The van der Waals surface area contributed by atoms with Crippen LogP contribution in [0.1, 0.15) is 24.5 Å². The van der Waals surface area contributed by atoms with Gasteiger partial charge in [0, 0.05) is 27.4 Å². The van der Waals surface area contributed by atoms with Crippen molar-refractivity contribution in [3.63, 3.8) is 0 Å². The first-order valence-corrected chi connectivity index (χ1v) is 8.63. The van der Waals surface area contributed by atoms with E-state index in [9.17, 15) is 22.2 Å². The predicted molar refractivity (Wildman–Crippen MR) is 78.5 cm³/mol. The van der Waals surface area contributed by atoms with Crippen LogP contribution in [0.4, 0.5) is 13.2 Å². The number of hydrogen-bond donors (Lipinski definition) is 3. The average molecular weight is 353 g/mol. The molecule has 10 heteroatoms. The molecule has 0 fully saturated rings. The van der Waals surface area contributed by atoms with Crippen molar-refractivity contribution in [3.05, 3.63) is 30.1 Å². The van der Waals surface area contributed by atoms with Crippen LogP contribution in [0.15, 0.2) is 24.4 Å². The van der Waals surface area contributed by atoms with Crippen LogP contribution in [0, 0.1) is 4.78 Å². The van der Waals surface area contributed by atoms with Crippen LogP contribution in [-0.4, -0.2) is 44.0 Å². The van der Waals surface area contributed by atoms with Gasteiger partial charge in [-0.15, -0.1) is 0 Å². The molecule has 0 saturated carbocycles. The molecule has 6 nitrogen and oxygen atoms in total. The van der Waals surface area contributed by atoms with Gasteiger partial charge in [0.15, 0.2) is 0 Å². The first-order valence-electron chi connectivity index (χ1n) is 6.73. The number of carbonyl (C=O) groups is 1. The number of hydrogen-bond acceptors (Lipinski definition) is 5. The fraction of sp³-hybridized carbons (Fsp3) is 0.538. The third-order valence-electron chi connectivity index (χ3n) is 3.25. The molecule has 0 aliphatic carbocycles. The summed E-state index contributed by atoms with van der Waals surface area (Å²) in [6.07, 6.45) is -4.11. The van der Waals surface area contributed by atoms with Crippen LogP contribution in [0.5, 0.6) is 0 Å². The highest BCUT2D eigenvalue weighted by molar-refractivity contribution is 7.92. The van der Waals surface area contributed by atoms with Gasteiger partial charge in [0.25, 0.3) is 0 Å². The number of nitrogens with two attached hydrogens (primary N) is 1. The van der Waals surface area contributed by atoms with Crippen LogP contribution in [0.2, 0.25) is 0 Å². The van der Waals surface area contributed by atoms with Crippen molar-refractivity contribution < 1.29 is 27.3 Å². The molecular formula is C13H18F3N3O3S. The zero-order valence-electron chi connectivity index (χ0n) is 12.1. The van der Waals surface area contributed by atoms with Crippen LogP contribution >= 0.6 is 0 Å². The number of pyridine rings is 1. The minimum absolute atomic E-state index is 0.197. The molecule has 1 aromatic heterocycles. The molecule has 0 aliphatic rings. The molecule has 1 aromatic rings. The van der Waals surface area contributed by atoms with Crippen molar-refractivity contribution in [3.8, 4) is 0 Å². The minimum Gasteiger partial charge on any atom is -0.480 e. The predicted octanol–water partition coefficient (Wildman–Crippen LogP) is 1.97. The Kier molecular flexibility index (Phi) is 6.51. The van der Waals surface area contributed by atoms with Crippen LogP contribution in [0.3, 0.4) is 0 Å². The third kappa shape index (κ3) is 6.53. The van der Waals surface area contributed by atoms with E-state index in [0.717, 1.165) is 0 Å². The lowest BCUT2D eigenvalue weighted by molar-refractivity contribution is -0.151. The highest BCUT2D eigenvalue weighted by atomic mass is 32.2. The van der Waals surface area contributed by atoms with Crippen LogP contribution in [-0.2, 0) is 14.5 Å². The average Bonchev–Trinajstić information content (AvgIpc) is 2.44. The number of rotatable bonds is 8. The number of alkyl halides is 3. The molecule has 2 unspecified atom stereocenters. The normalized spacial score (nSPS) is 17.2. The zero-order valence-corrected chi connectivity index (χ0v) is 12.9. The van der Waals surface area contributed by atoms with E-state index in [1.807, 2.05) is 0 Å². The highest BCUT2D eigenvalue weighted by Crippen LogP contribution is 2.36. The second-order valence-electron chi connectivity index (χ2n) is 5.09. The van der Waals surface area contributed by atoms with E-state index in [0.29, 0.717) is 0 Å². The molecule has 3 atom stereocenters. The summed E-state index contributed by atoms with van der Waals surface area (Å²) in [6.45, 7) is 0. The highest BCUT2D eigenvalue weighted by Gasteiger charge is 2.41. The Labute approximate surface area is 131 Å². The molecule has 0 bridgehead atoms. The molecule has 0 spiro atoms. The van der Waals surface area contributed by atoms with E-state index >= 15 is 0 Å². The maximum atomic E-state index is 13.1. The van der Waals surface area contributed by atoms with E-state index in [2.05, 4.69) is 4.98 Å². The quantitative estimate of drug-likeness (QED) is 0.660. The molecule has 0 amide bonds. The summed E-state index contributed by atoms with van der Waals surface area (Å²) in [6, 6.07) is 2.85. The number of halogens is 3. The Morgan fingerprint density at radius 1 is 1.35 bits per heavy atom. The SMILES string of the molecule is N=S(=O)(CCC(c1ccccn1)C(F)(F)F)CC[C@H](N)C(=O)O. The number of aromatic nitrogens is 1. The van der Waals surface area contributed by atoms with E-state index in [1.54, 1.807) is 0 Å². The maximum Gasteiger partial charge on any atom is 0.397 e. The second kappa shape index (κ2) is 7.73. The molecule has 0 aliphatic heterocycles. The van der Waals surface area contributed by atoms with Crippen molar-refractivity contribution in [2.24, 2.45) is 5.73 Å². The topological polar surface area (TPSA) is 117 Å². The van der Waals surface area contributed by atoms with Gasteiger partial charge in [-0.1, -0.05) is 6.07 Å². The fourth-order valence-electron chi connectivity index (χ4n) is 1.91. The van der Waals surface area contributed by atoms with Gasteiger partial charge in [-0.05, 0) is 25.0 Å². The lowest BCUT2D eigenvalue weighted by atomic mass is 10.0. The van der Waals surface area contributed by atoms with Gasteiger partial charge in [0.05, 0.1) is 11.6 Å². The number of nitrogens with zero attached hydrogens (tertiary/aromatic N) is 1. The molecular weight excluding hydrogens is 335 g/mol. The first kappa shape index (κ1) is 19.4. The maximum absolute atomic E-state index is 13.1. The van der Waals surface area contributed by atoms with Gasteiger partial charge >= 0.3 is 12.1 Å². The van der Waals surface area contributed by atoms with E-state index in [1.165, 1.54) is 24.4 Å². The monoisotopic (exact) mass is 353 g/mol. The third-order valence-corrected chi connectivity index (χ3v) is 5.04. The largest absolute Gasteiger partial charge is 0.480 e. The summed E-state index contributed by atoms with van der Waals surface area (Å²) in [5.41, 5.74) is 5.04. The molecule has 23 heavy (non-hydrogen) atoms. The van der Waals surface area contributed by atoms with Gasteiger partial charge in [-0.25, -0.2) is 4.21 Å². The first-order chi connectivity index (χ1) is 10.5. The zero-order chi connectivity index (χ0) is 17.7. The van der Waals surface area contributed by atoms with Crippen LogP contribution in [0.25, 0.3) is 0 Å². The summed E-state index contributed by atoms with van der Waals surface area (Å²) >= 11 is 0. The standard InChI is InChI=1S/C13H18F3N3O3S/c14-13(15,16)9(11-3-1-2-6-19-11)4-7-23(18,22)8-5-10(17)12(20)21/h1-3,6,9-10,18H,4-5,7-8,17H2,(H,20,21)/t9?,10-,23?/m0/s1. The lowest BCUT2D eigenvalue weighted by Gasteiger charge is -2.20. The number of nitrogens with one attached hydrogen (secondary N) is 1. The summed E-state index contributed by atoms with van der Waals surface area (Å²) in [4.78, 5) is 14.2. The second-order valence-corrected chi connectivity index (χ2v) is 7.53. The van der Waals surface area contributed by atoms with Crippen molar-refractivity contribution in [2.75, 3.05) is 11.5 Å². The van der Waals surface area contributed by atoms with Gasteiger partial charge in [0.2, 0.25) is 0 Å². The molecule has 0 aromatic carbocycles. The lowest BCUT2D eigenvalue weighted by Crippen LogP contribution is -2.32. The Morgan fingerprint density at radius 2 is 1.96 bits per heavy atom. The molecule has 4 N–H and O–H groups in total.